The quantitative estimate of drug-likeness (QED) is 0.854. The highest BCUT2D eigenvalue weighted by Gasteiger charge is 2.27. The highest BCUT2D eigenvalue weighted by molar-refractivity contribution is 5.99. The Balaban J connectivity index is 0.00000109. The zero-order valence-electron chi connectivity index (χ0n) is 13.4. The molecule has 0 aliphatic carbocycles. The van der Waals surface area contributed by atoms with Gasteiger partial charge in [0, 0.05) is 17.5 Å². The second kappa shape index (κ2) is 8.19. The number of hydrogen-bond acceptors (Lipinski definition) is 3. The van der Waals surface area contributed by atoms with Crippen molar-refractivity contribution < 1.29 is 28.2 Å². The molecule has 3 rings (SSSR count). The van der Waals surface area contributed by atoms with Crippen LogP contribution in [0.1, 0.15) is 21.5 Å². The van der Waals surface area contributed by atoms with Crippen molar-refractivity contribution in [2.75, 3.05) is 7.18 Å². The van der Waals surface area contributed by atoms with E-state index in [-0.39, 0.29) is 18.0 Å². The third-order valence-corrected chi connectivity index (χ3v) is 3.57. The Hall–Kier alpha value is -3.02. The van der Waals surface area contributed by atoms with Crippen molar-refractivity contribution in [1.29, 1.82) is 0 Å². The summed E-state index contributed by atoms with van der Waals surface area (Å²) in [7, 11) is 0.500. The number of ether oxygens (including phenoxy) is 1. The first-order valence-electron chi connectivity index (χ1n) is 7.39. The van der Waals surface area contributed by atoms with Crippen LogP contribution in [0.5, 0.6) is 5.75 Å². The lowest BCUT2D eigenvalue weighted by Gasteiger charge is -2.19. The van der Waals surface area contributed by atoms with Gasteiger partial charge in [0.1, 0.15) is 11.3 Å². The number of fused-ring (bicyclic) bond motifs is 1. The molecule has 1 unspecified atom stereocenters. The molecule has 0 saturated carbocycles. The maximum Gasteiger partial charge on any atom is 0.338 e. The molecular weight excluding hydrogens is 330 g/mol. The van der Waals surface area contributed by atoms with E-state index >= 15 is 0 Å². The smallest absolute Gasteiger partial charge is 0.338 e. The monoisotopic (exact) mass is 346 g/mol. The molecule has 0 aromatic heterocycles. The van der Waals surface area contributed by atoms with Gasteiger partial charge in [-0.15, -0.1) is 0 Å². The number of aliphatic carboxylic acids is 1. The van der Waals surface area contributed by atoms with Crippen molar-refractivity contribution in [2.45, 2.75) is 12.8 Å². The minimum absolute atomic E-state index is 0.105. The summed E-state index contributed by atoms with van der Waals surface area (Å²) in [6.07, 6.45) is -0.571. The average Bonchev–Trinajstić information content (AvgIpc) is 2.63. The summed E-state index contributed by atoms with van der Waals surface area (Å²) in [6, 6.07) is 13.8. The number of carboxylic acid groups (broad SMARTS) is 1. The Morgan fingerprint density at radius 2 is 1.80 bits per heavy atom. The predicted octanol–water partition coefficient (Wildman–Crippen LogP) is 3.85. The molecule has 130 valence electrons. The number of alkyl halides is 2. The zero-order chi connectivity index (χ0) is 18.4. The van der Waals surface area contributed by atoms with Gasteiger partial charge in [0.15, 0.2) is 5.78 Å². The maximum atomic E-state index is 13.6. The van der Waals surface area contributed by atoms with Gasteiger partial charge in [0.2, 0.25) is 0 Å². The van der Waals surface area contributed by atoms with Gasteiger partial charge in [0.25, 0.3) is 6.36 Å². The number of rotatable bonds is 4. The van der Waals surface area contributed by atoms with Gasteiger partial charge in [0.05, 0.1) is 7.18 Å². The number of hydrogen-bond donors (Lipinski definition) is 1. The minimum atomic E-state index is -2.01. The topological polar surface area (TPSA) is 63.6 Å². The van der Waals surface area contributed by atoms with E-state index in [9.17, 15) is 18.4 Å². The van der Waals surface area contributed by atoms with E-state index in [0.29, 0.717) is 18.3 Å². The fourth-order valence-electron chi connectivity index (χ4n) is 2.39. The highest BCUT2D eigenvalue weighted by Crippen LogP contribution is 2.31. The zero-order valence-corrected chi connectivity index (χ0v) is 13.4. The molecule has 2 aromatic carbocycles. The van der Waals surface area contributed by atoms with Gasteiger partial charge < -0.3 is 9.84 Å². The third-order valence-electron chi connectivity index (χ3n) is 3.57. The summed E-state index contributed by atoms with van der Waals surface area (Å²) < 4.78 is 28.0. The van der Waals surface area contributed by atoms with E-state index in [1.807, 2.05) is 30.3 Å². The molecule has 1 N–H and O–H groups in total. The normalized spacial score (nSPS) is 15.0. The van der Waals surface area contributed by atoms with Crippen LogP contribution in [-0.4, -0.2) is 30.4 Å². The first-order valence-corrected chi connectivity index (χ1v) is 7.39. The summed E-state index contributed by atoms with van der Waals surface area (Å²) in [5.74, 6) is -1.27. The Bertz CT molecular complexity index is 800. The SMILES string of the molecule is CF.O=C(O)C1=Cc2cc(C(=O)Cc3ccccc3)ccc2OC1F. The van der Waals surface area contributed by atoms with Gasteiger partial charge >= 0.3 is 5.97 Å². The first kappa shape index (κ1) is 18.3. The average molecular weight is 346 g/mol. The lowest BCUT2D eigenvalue weighted by atomic mass is 9.99. The van der Waals surface area contributed by atoms with Crippen LogP contribution in [-0.2, 0) is 11.2 Å². The van der Waals surface area contributed by atoms with Crippen LogP contribution in [0.4, 0.5) is 8.78 Å². The number of Topliss-reactive ketones (excluding diaryl/α,β-unsaturated/α-hetero) is 1. The van der Waals surface area contributed by atoms with Crippen LogP contribution in [0.2, 0.25) is 0 Å². The minimum Gasteiger partial charge on any atom is -0.478 e. The van der Waals surface area contributed by atoms with E-state index in [2.05, 4.69) is 0 Å². The molecule has 2 aromatic rings. The molecule has 1 atom stereocenters. The van der Waals surface area contributed by atoms with Gasteiger partial charge in [-0.1, -0.05) is 30.3 Å². The highest BCUT2D eigenvalue weighted by atomic mass is 19.1. The molecule has 0 bridgehead atoms. The van der Waals surface area contributed by atoms with E-state index < -0.39 is 17.9 Å². The molecule has 0 radical (unpaired) electrons. The Morgan fingerprint density at radius 1 is 1.12 bits per heavy atom. The summed E-state index contributed by atoms with van der Waals surface area (Å²) in [4.78, 5) is 23.3. The van der Waals surface area contributed by atoms with Gasteiger partial charge in [-0.05, 0) is 29.8 Å². The van der Waals surface area contributed by atoms with Crippen LogP contribution in [0.15, 0.2) is 54.1 Å². The van der Waals surface area contributed by atoms with E-state index in [4.69, 9.17) is 9.84 Å². The summed E-state index contributed by atoms with van der Waals surface area (Å²) in [6.45, 7) is 0. The van der Waals surface area contributed by atoms with Crippen LogP contribution < -0.4 is 4.74 Å². The largest absolute Gasteiger partial charge is 0.478 e. The number of carbonyl (C=O) groups is 2. The lowest BCUT2D eigenvalue weighted by Crippen LogP contribution is -2.23. The van der Waals surface area contributed by atoms with E-state index in [1.54, 1.807) is 6.07 Å². The van der Waals surface area contributed by atoms with Gasteiger partial charge in [-0.2, -0.15) is 4.39 Å². The van der Waals surface area contributed by atoms with Gasteiger partial charge in [-0.25, -0.2) is 4.79 Å². The second-order valence-electron chi connectivity index (χ2n) is 5.18. The molecular formula is C19H16F2O4. The number of carbonyl (C=O) groups excluding carboxylic acids is 1. The fraction of sp³-hybridized carbons (Fsp3) is 0.158. The van der Waals surface area contributed by atoms with Crippen LogP contribution in [0, 0.1) is 0 Å². The molecule has 0 spiro atoms. The molecule has 1 aliphatic rings. The van der Waals surface area contributed by atoms with Crippen LogP contribution in [0.25, 0.3) is 6.08 Å². The first-order chi connectivity index (χ1) is 12.0. The standard InChI is InChI=1S/C18H13FO4.CH3F/c19-17-14(18(21)22)10-13-9-12(6-7-16(13)23-17)15(20)8-11-4-2-1-3-5-11;1-2/h1-7,9-10,17H,8H2,(H,21,22);1H3. The molecule has 1 aliphatic heterocycles. The van der Waals surface area contributed by atoms with Crippen LogP contribution >= 0.6 is 0 Å². The molecule has 0 amide bonds. The molecule has 1 heterocycles. The second-order valence-corrected chi connectivity index (χ2v) is 5.18. The van der Waals surface area contributed by atoms with Crippen molar-refractivity contribution in [2.24, 2.45) is 0 Å². The number of carboxylic acids is 1. The summed E-state index contributed by atoms with van der Waals surface area (Å²) >= 11 is 0. The molecule has 0 saturated heterocycles. The van der Waals surface area contributed by atoms with Gasteiger partial charge in [-0.3, -0.25) is 9.18 Å². The Morgan fingerprint density at radius 3 is 2.44 bits per heavy atom. The summed E-state index contributed by atoms with van der Waals surface area (Å²) in [5, 5.41) is 8.95. The van der Waals surface area contributed by atoms with Crippen molar-refractivity contribution >= 4 is 17.8 Å². The lowest BCUT2D eigenvalue weighted by molar-refractivity contribution is -0.134. The number of halogens is 2. The van der Waals surface area contributed by atoms with Crippen molar-refractivity contribution in [3.8, 4) is 5.75 Å². The van der Waals surface area contributed by atoms with E-state index in [0.717, 1.165) is 5.56 Å². The third kappa shape index (κ3) is 4.29. The molecule has 4 nitrogen and oxygen atoms in total. The summed E-state index contributed by atoms with van der Waals surface area (Å²) in [5.41, 5.74) is 1.21. The van der Waals surface area contributed by atoms with E-state index in [1.165, 1.54) is 18.2 Å². The van der Waals surface area contributed by atoms with Crippen LogP contribution in [0.3, 0.4) is 0 Å². The van der Waals surface area contributed by atoms with Crippen molar-refractivity contribution in [3.63, 3.8) is 0 Å². The molecule has 0 fully saturated rings. The maximum absolute atomic E-state index is 13.6. The Kier molecular flexibility index (Phi) is 6.00. The van der Waals surface area contributed by atoms with Crippen molar-refractivity contribution in [3.05, 3.63) is 70.8 Å². The number of ketones is 1. The predicted molar refractivity (Wildman–Crippen MR) is 89.1 cm³/mol. The van der Waals surface area contributed by atoms with Crippen molar-refractivity contribution in [1.82, 2.24) is 0 Å². The number of benzene rings is 2. The molecule has 6 heteroatoms. The molecule has 25 heavy (non-hydrogen) atoms. The fourth-order valence-corrected chi connectivity index (χ4v) is 2.39. The Labute approximate surface area is 143 Å².